The van der Waals surface area contributed by atoms with E-state index in [9.17, 15) is 4.79 Å². The van der Waals surface area contributed by atoms with E-state index < -0.39 is 5.41 Å². The van der Waals surface area contributed by atoms with E-state index in [-0.39, 0.29) is 12.7 Å². The second-order valence-corrected chi connectivity index (χ2v) is 7.80. The van der Waals surface area contributed by atoms with Crippen LogP contribution >= 0.6 is 0 Å². The third-order valence-electron chi connectivity index (χ3n) is 6.09. The standard InChI is InChI=1S/C24H29NO4/c1-2-27-16-19-9-5-4-8-18(19)15-25-23(26)24(12-6-3-7-13-24)20-10-11-21-22(14-20)29-17-28-21/h4-5,8-11,14H,2-3,6-7,12-13,15-17H2,1H3,(H,25,26). The summed E-state index contributed by atoms with van der Waals surface area (Å²) in [7, 11) is 0. The Hall–Kier alpha value is -2.53. The normalized spacial score (nSPS) is 17.1. The summed E-state index contributed by atoms with van der Waals surface area (Å²) in [5.41, 5.74) is 2.75. The molecular formula is C24H29NO4. The quantitative estimate of drug-likeness (QED) is 0.751. The summed E-state index contributed by atoms with van der Waals surface area (Å²) in [6.07, 6.45) is 5.01. The summed E-state index contributed by atoms with van der Waals surface area (Å²) in [6, 6.07) is 14.1. The van der Waals surface area contributed by atoms with Crippen molar-refractivity contribution in [1.29, 1.82) is 0 Å². The minimum Gasteiger partial charge on any atom is -0.454 e. The average Bonchev–Trinajstić information content (AvgIpc) is 3.25. The summed E-state index contributed by atoms with van der Waals surface area (Å²) in [5, 5.41) is 3.23. The van der Waals surface area contributed by atoms with E-state index in [0.717, 1.165) is 53.9 Å². The molecule has 5 nitrogen and oxygen atoms in total. The first-order valence-corrected chi connectivity index (χ1v) is 10.6. The fourth-order valence-electron chi connectivity index (χ4n) is 4.42. The molecule has 1 fully saturated rings. The Labute approximate surface area is 172 Å². The number of fused-ring (bicyclic) bond motifs is 1. The first-order valence-electron chi connectivity index (χ1n) is 10.6. The first-order chi connectivity index (χ1) is 14.2. The molecule has 29 heavy (non-hydrogen) atoms. The number of hydrogen-bond acceptors (Lipinski definition) is 4. The largest absolute Gasteiger partial charge is 0.454 e. The Morgan fingerprint density at radius 3 is 2.59 bits per heavy atom. The highest BCUT2D eigenvalue weighted by Crippen LogP contribution is 2.43. The van der Waals surface area contributed by atoms with E-state index in [1.54, 1.807) is 0 Å². The van der Waals surface area contributed by atoms with Gasteiger partial charge in [-0.3, -0.25) is 4.79 Å². The Bertz CT molecular complexity index is 858. The molecule has 154 valence electrons. The van der Waals surface area contributed by atoms with Crippen molar-refractivity contribution in [3.05, 3.63) is 59.2 Å². The summed E-state index contributed by atoms with van der Waals surface area (Å²) in [4.78, 5) is 13.5. The number of carbonyl (C=O) groups is 1. The third kappa shape index (κ3) is 4.10. The van der Waals surface area contributed by atoms with Gasteiger partial charge in [0.05, 0.1) is 12.0 Å². The number of rotatable bonds is 7. The molecule has 5 heteroatoms. The van der Waals surface area contributed by atoms with E-state index >= 15 is 0 Å². The maximum absolute atomic E-state index is 13.5. The predicted molar refractivity (Wildman–Crippen MR) is 111 cm³/mol. The lowest BCUT2D eigenvalue weighted by Crippen LogP contribution is -2.45. The van der Waals surface area contributed by atoms with Crippen LogP contribution in [0.3, 0.4) is 0 Å². The van der Waals surface area contributed by atoms with Crippen molar-refractivity contribution < 1.29 is 19.0 Å². The van der Waals surface area contributed by atoms with Gasteiger partial charge in [-0.15, -0.1) is 0 Å². The van der Waals surface area contributed by atoms with Crippen LogP contribution in [-0.2, 0) is 28.1 Å². The lowest BCUT2D eigenvalue weighted by molar-refractivity contribution is -0.128. The minimum atomic E-state index is -0.506. The molecule has 0 spiro atoms. The Balaban J connectivity index is 1.54. The van der Waals surface area contributed by atoms with E-state index in [4.69, 9.17) is 14.2 Å². The maximum atomic E-state index is 13.5. The molecule has 1 aliphatic carbocycles. The number of carbonyl (C=O) groups excluding carboxylic acids is 1. The second-order valence-electron chi connectivity index (χ2n) is 7.80. The molecule has 0 aromatic heterocycles. The Morgan fingerprint density at radius 1 is 1.03 bits per heavy atom. The van der Waals surface area contributed by atoms with Crippen LogP contribution in [-0.4, -0.2) is 19.3 Å². The summed E-state index contributed by atoms with van der Waals surface area (Å²) >= 11 is 0. The number of amides is 1. The number of benzene rings is 2. The molecule has 2 aromatic carbocycles. The third-order valence-corrected chi connectivity index (χ3v) is 6.09. The SMILES string of the molecule is CCOCc1ccccc1CNC(=O)C1(c2ccc3c(c2)OCO3)CCCCC1. The Morgan fingerprint density at radius 2 is 1.79 bits per heavy atom. The molecule has 4 rings (SSSR count). The topological polar surface area (TPSA) is 56.8 Å². The molecule has 1 amide bonds. The highest BCUT2D eigenvalue weighted by atomic mass is 16.7. The molecule has 0 radical (unpaired) electrons. The average molecular weight is 395 g/mol. The van der Waals surface area contributed by atoms with Crippen LogP contribution in [0.25, 0.3) is 0 Å². The summed E-state index contributed by atoms with van der Waals surface area (Å²) in [6.45, 7) is 3.98. The van der Waals surface area contributed by atoms with E-state index in [2.05, 4.69) is 17.4 Å². The van der Waals surface area contributed by atoms with Crippen LogP contribution in [0.1, 0.15) is 55.7 Å². The van der Waals surface area contributed by atoms with Gasteiger partial charge in [0, 0.05) is 13.2 Å². The van der Waals surface area contributed by atoms with Gasteiger partial charge in [0.1, 0.15) is 0 Å². The van der Waals surface area contributed by atoms with Crippen LogP contribution in [0.5, 0.6) is 11.5 Å². The van der Waals surface area contributed by atoms with Crippen molar-refractivity contribution >= 4 is 5.91 Å². The fraction of sp³-hybridized carbons (Fsp3) is 0.458. The van der Waals surface area contributed by atoms with Gasteiger partial charge >= 0.3 is 0 Å². The molecule has 1 heterocycles. The molecule has 2 aliphatic rings. The lowest BCUT2D eigenvalue weighted by atomic mass is 9.68. The van der Waals surface area contributed by atoms with Gasteiger partial charge in [-0.2, -0.15) is 0 Å². The van der Waals surface area contributed by atoms with Gasteiger partial charge in [0.2, 0.25) is 12.7 Å². The van der Waals surface area contributed by atoms with E-state index in [1.165, 1.54) is 6.42 Å². The number of nitrogens with one attached hydrogen (secondary N) is 1. The van der Waals surface area contributed by atoms with E-state index in [1.807, 2.05) is 37.3 Å². The first kappa shape index (κ1) is 19.8. The van der Waals surface area contributed by atoms with Crippen LogP contribution in [0.15, 0.2) is 42.5 Å². The molecule has 0 saturated heterocycles. The smallest absolute Gasteiger partial charge is 0.231 e. The molecule has 1 saturated carbocycles. The van der Waals surface area contributed by atoms with Gasteiger partial charge in [-0.1, -0.05) is 49.6 Å². The molecule has 1 aliphatic heterocycles. The number of ether oxygens (including phenoxy) is 3. The zero-order chi connectivity index (χ0) is 20.1. The maximum Gasteiger partial charge on any atom is 0.231 e. The van der Waals surface area contributed by atoms with E-state index in [0.29, 0.717) is 19.8 Å². The molecule has 0 bridgehead atoms. The molecule has 0 unspecified atom stereocenters. The van der Waals surface area contributed by atoms with Crippen LogP contribution in [0.2, 0.25) is 0 Å². The van der Waals surface area contributed by atoms with Crippen molar-refractivity contribution in [2.45, 2.75) is 57.6 Å². The molecule has 2 aromatic rings. The predicted octanol–water partition coefficient (Wildman–Crippen LogP) is 4.47. The summed E-state index contributed by atoms with van der Waals surface area (Å²) < 4.78 is 16.6. The van der Waals surface area contributed by atoms with Gasteiger partial charge in [-0.25, -0.2) is 0 Å². The molecular weight excluding hydrogens is 366 g/mol. The minimum absolute atomic E-state index is 0.0993. The van der Waals surface area contributed by atoms with Crippen molar-refractivity contribution in [1.82, 2.24) is 5.32 Å². The van der Waals surface area contributed by atoms with Crippen LogP contribution in [0.4, 0.5) is 0 Å². The summed E-state index contributed by atoms with van der Waals surface area (Å²) in [5.74, 6) is 1.59. The van der Waals surface area contributed by atoms with Gasteiger partial charge in [0.25, 0.3) is 0 Å². The second kappa shape index (κ2) is 8.87. The fourth-order valence-corrected chi connectivity index (χ4v) is 4.42. The van der Waals surface area contributed by atoms with Gasteiger partial charge in [0.15, 0.2) is 11.5 Å². The highest BCUT2D eigenvalue weighted by molar-refractivity contribution is 5.88. The van der Waals surface area contributed by atoms with Gasteiger partial charge in [-0.05, 0) is 48.6 Å². The zero-order valence-electron chi connectivity index (χ0n) is 17.0. The van der Waals surface area contributed by atoms with Crippen LogP contribution < -0.4 is 14.8 Å². The molecule has 0 atom stereocenters. The van der Waals surface area contributed by atoms with Crippen molar-refractivity contribution in [2.24, 2.45) is 0 Å². The van der Waals surface area contributed by atoms with Crippen molar-refractivity contribution in [3.63, 3.8) is 0 Å². The lowest BCUT2D eigenvalue weighted by Gasteiger charge is -2.36. The highest BCUT2D eigenvalue weighted by Gasteiger charge is 2.41. The van der Waals surface area contributed by atoms with Crippen LogP contribution in [0, 0.1) is 0 Å². The van der Waals surface area contributed by atoms with Crippen molar-refractivity contribution in [2.75, 3.05) is 13.4 Å². The monoisotopic (exact) mass is 395 g/mol. The zero-order valence-corrected chi connectivity index (χ0v) is 17.0. The van der Waals surface area contributed by atoms with Crippen molar-refractivity contribution in [3.8, 4) is 11.5 Å². The number of hydrogen-bond donors (Lipinski definition) is 1. The van der Waals surface area contributed by atoms with Gasteiger partial charge < -0.3 is 19.5 Å². The molecule has 1 N–H and O–H groups in total. The Kier molecular flexibility index (Phi) is 6.05.